The number of nitriles is 1. The number of fused-ring (bicyclic) bond motifs is 3. The van der Waals surface area contributed by atoms with Gasteiger partial charge in [0.25, 0.3) is 0 Å². The lowest BCUT2D eigenvalue weighted by Gasteiger charge is -2.29. The van der Waals surface area contributed by atoms with Gasteiger partial charge in [0, 0.05) is 19.5 Å². The molecule has 3 heterocycles. The number of thiophene rings is 1. The highest BCUT2D eigenvalue weighted by molar-refractivity contribution is 7.18. The van der Waals surface area contributed by atoms with Gasteiger partial charge in [0.2, 0.25) is 5.95 Å². The van der Waals surface area contributed by atoms with E-state index in [0.29, 0.717) is 18.4 Å². The average Bonchev–Trinajstić information content (AvgIpc) is 3.24. The molecular formula is C18H20N6S. The molecule has 0 atom stereocenters. The van der Waals surface area contributed by atoms with E-state index in [1.54, 1.807) is 24.7 Å². The fourth-order valence-corrected chi connectivity index (χ4v) is 4.68. The summed E-state index contributed by atoms with van der Waals surface area (Å²) in [7, 11) is 1.74. The first-order chi connectivity index (χ1) is 12.3. The van der Waals surface area contributed by atoms with Gasteiger partial charge in [-0.2, -0.15) is 5.26 Å². The quantitative estimate of drug-likeness (QED) is 0.559. The predicted molar refractivity (Wildman–Crippen MR) is 102 cm³/mol. The zero-order chi connectivity index (χ0) is 17.2. The highest BCUT2D eigenvalue weighted by Gasteiger charge is 2.26. The zero-order valence-corrected chi connectivity index (χ0v) is 15.0. The van der Waals surface area contributed by atoms with Crippen LogP contribution < -0.4 is 5.32 Å². The van der Waals surface area contributed by atoms with Crippen LogP contribution in [0.15, 0.2) is 22.6 Å². The largest absolute Gasteiger partial charge is 0.317 e. The molecule has 128 valence electrons. The van der Waals surface area contributed by atoms with Gasteiger partial charge in [0.05, 0.1) is 34.3 Å². The molecule has 25 heavy (non-hydrogen) atoms. The molecule has 1 saturated carbocycles. The molecule has 3 aromatic rings. The van der Waals surface area contributed by atoms with Crippen LogP contribution in [0.2, 0.25) is 0 Å². The van der Waals surface area contributed by atoms with E-state index in [0.717, 1.165) is 48.2 Å². The van der Waals surface area contributed by atoms with Crippen molar-refractivity contribution in [2.24, 2.45) is 10.9 Å². The van der Waals surface area contributed by atoms with Gasteiger partial charge in [-0.05, 0) is 43.0 Å². The summed E-state index contributed by atoms with van der Waals surface area (Å²) in [6, 6.07) is 4.77. The van der Waals surface area contributed by atoms with Gasteiger partial charge in [0.15, 0.2) is 0 Å². The lowest BCUT2D eigenvalue weighted by molar-refractivity contribution is 0.283. The van der Waals surface area contributed by atoms with Gasteiger partial charge in [-0.15, -0.1) is 11.3 Å². The molecule has 0 aromatic carbocycles. The summed E-state index contributed by atoms with van der Waals surface area (Å²) in [6.07, 6.45) is 8.55. The summed E-state index contributed by atoms with van der Waals surface area (Å²) in [5.74, 6) is 1.36. The molecule has 3 aromatic heterocycles. The molecular weight excluding hydrogens is 332 g/mol. The predicted octanol–water partition coefficient (Wildman–Crippen LogP) is 4.36. The molecule has 0 spiro atoms. The number of hydrogen-bond acceptors (Lipinski definition) is 5. The lowest BCUT2D eigenvalue weighted by atomic mass is 9.84. The van der Waals surface area contributed by atoms with Crippen LogP contribution in [0.25, 0.3) is 21.3 Å². The Kier molecular flexibility index (Phi) is 4.36. The first kappa shape index (κ1) is 16.0. The van der Waals surface area contributed by atoms with Crippen molar-refractivity contribution in [1.82, 2.24) is 14.5 Å². The van der Waals surface area contributed by atoms with Crippen molar-refractivity contribution >= 4 is 44.9 Å². The molecule has 1 aliphatic carbocycles. The van der Waals surface area contributed by atoms with Crippen molar-refractivity contribution in [2.45, 2.75) is 38.1 Å². The number of pyridine rings is 1. The second-order valence-corrected chi connectivity index (χ2v) is 7.42. The fourth-order valence-electron chi connectivity index (χ4n) is 3.79. The highest BCUT2D eigenvalue weighted by atomic mass is 32.1. The molecule has 0 amide bonds. The van der Waals surface area contributed by atoms with E-state index in [-0.39, 0.29) is 0 Å². The number of aliphatic imine (C=N–C) groups is 1. The van der Waals surface area contributed by atoms with E-state index in [1.807, 2.05) is 6.20 Å². The Morgan fingerprint density at radius 1 is 1.40 bits per heavy atom. The number of hydrogen-bond donors (Lipinski definition) is 1. The van der Waals surface area contributed by atoms with Crippen molar-refractivity contribution in [3.8, 4) is 6.07 Å². The second kappa shape index (κ2) is 6.81. The van der Waals surface area contributed by atoms with E-state index in [4.69, 9.17) is 10.2 Å². The molecule has 0 aliphatic heterocycles. The topological polar surface area (TPSA) is 78.9 Å². The summed E-state index contributed by atoms with van der Waals surface area (Å²) in [6.45, 7) is 0. The highest BCUT2D eigenvalue weighted by Crippen LogP contribution is 2.39. The molecule has 4 rings (SSSR count). The number of imidazole rings is 1. The number of anilines is 1. The van der Waals surface area contributed by atoms with Gasteiger partial charge in [-0.25, -0.2) is 4.98 Å². The number of aromatic nitrogens is 3. The molecule has 1 fully saturated rings. The number of nitrogens with zero attached hydrogens (tertiary/aromatic N) is 5. The monoisotopic (exact) mass is 352 g/mol. The van der Waals surface area contributed by atoms with Gasteiger partial charge in [-0.3, -0.25) is 9.98 Å². The standard InChI is InChI=1S/C18H20N6S/c1-20-11-22-18-23-15-10-21-14-7-9-25-17(14)16(15)24(18)13-4-2-12(3-5-13)6-8-19/h7,9-13H,2-6H2,1H3,(H,20,22,23). The fraction of sp³-hybridized carbons (Fsp3) is 0.444. The average molecular weight is 352 g/mol. The molecule has 7 heteroatoms. The third kappa shape index (κ3) is 2.87. The maximum Gasteiger partial charge on any atom is 0.209 e. The maximum atomic E-state index is 8.95. The molecule has 0 unspecified atom stereocenters. The van der Waals surface area contributed by atoms with Crippen LogP contribution in [-0.4, -0.2) is 27.9 Å². The number of nitrogens with one attached hydrogen (secondary N) is 1. The summed E-state index contributed by atoms with van der Waals surface area (Å²) in [5, 5.41) is 14.3. The van der Waals surface area contributed by atoms with Gasteiger partial charge >= 0.3 is 0 Å². The van der Waals surface area contributed by atoms with Gasteiger partial charge in [0.1, 0.15) is 5.52 Å². The summed E-state index contributed by atoms with van der Waals surface area (Å²) < 4.78 is 3.52. The summed E-state index contributed by atoms with van der Waals surface area (Å²) >= 11 is 1.71. The zero-order valence-electron chi connectivity index (χ0n) is 14.1. The van der Waals surface area contributed by atoms with E-state index in [1.165, 1.54) is 4.70 Å². The van der Waals surface area contributed by atoms with Crippen molar-refractivity contribution in [3.63, 3.8) is 0 Å². The minimum atomic E-state index is 0.389. The van der Waals surface area contributed by atoms with Crippen molar-refractivity contribution in [3.05, 3.63) is 17.6 Å². The van der Waals surface area contributed by atoms with Gasteiger partial charge < -0.3 is 9.88 Å². The van der Waals surface area contributed by atoms with Crippen LogP contribution in [0, 0.1) is 17.2 Å². The maximum absolute atomic E-state index is 8.95. The second-order valence-electron chi connectivity index (χ2n) is 6.50. The van der Waals surface area contributed by atoms with Crippen molar-refractivity contribution in [1.29, 1.82) is 5.26 Å². The summed E-state index contributed by atoms with van der Waals surface area (Å²) in [5.41, 5.74) is 3.10. The Hall–Kier alpha value is -2.46. The van der Waals surface area contributed by atoms with Crippen LogP contribution in [-0.2, 0) is 0 Å². The lowest BCUT2D eigenvalue weighted by Crippen LogP contribution is -2.19. The third-order valence-corrected chi connectivity index (χ3v) is 5.92. The van der Waals surface area contributed by atoms with E-state index in [9.17, 15) is 0 Å². The van der Waals surface area contributed by atoms with Crippen LogP contribution in [0.3, 0.4) is 0 Å². The smallest absolute Gasteiger partial charge is 0.209 e. The van der Waals surface area contributed by atoms with E-state index >= 15 is 0 Å². The first-order valence-electron chi connectivity index (χ1n) is 8.60. The number of rotatable bonds is 4. The Balaban J connectivity index is 1.79. The van der Waals surface area contributed by atoms with E-state index < -0.39 is 0 Å². The van der Waals surface area contributed by atoms with Gasteiger partial charge in [-0.1, -0.05) is 0 Å². The summed E-state index contributed by atoms with van der Waals surface area (Å²) in [4.78, 5) is 13.3. The Bertz CT molecular complexity index is 955. The molecule has 1 aliphatic rings. The normalized spacial score (nSPS) is 21.1. The minimum absolute atomic E-state index is 0.389. The third-order valence-electron chi connectivity index (χ3n) is 5.01. The molecule has 6 nitrogen and oxygen atoms in total. The van der Waals surface area contributed by atoms with Crippen LogP contribution in [0.4, 0.5) is 5.95 Å². The first-order valence-corrected chi connectivity index (χ1v) is 9.48. The Morgan fingerprint density at radius 2 is 2.24 bits per heavy atom. The van der Waals surface area contributed by atoms with Crippen LogP contribution >= 0.6 is 11.3 Å². The van der Waals surface area contributed by atoms with Crippen LogP contribution in [0.5, 0.6) is 0 Å². The molecule has 0 radical (unpaired) electrons. The van der Waals surface area contributed by atoms with Crippen molar-refractivity contribution in [2.75, 3.05) is 12.4 Å². The molecule has 0 bridgehead atoms. The Morgan fingerprint density at radius 3 is 3.00 bits per heavy atom. The minimum Gasteiger partial charge on any atom is -0.317 e. The SMILES string of the molecule is CN=CNc1nc2cnc3ccsc3c2n1C1CCC(CC#N)CC1. The Labute approximate surface area is 150 Å². The van der Waals surface area contributed by atoms with E-state index in [2.05, 4.69) is 37.4 Å². The van der Waals surface area contributed by atoms with Crippen molar-refractivity contribution < 1.29 is 0 Å². The molecule has 1 N–H and O–H groups in total. The van der Waals surface area contributed by atoms with Crippen LogP contribution in [0.1, 0.15) is 38.1 Å². The molecule has 0 saturated heterocycles.